The molecule has 0 aliphatic carbocycles. The lowest BCUT2D eigenvalue weighted by Gasteiger charge is -2.25. The van der Waals surface area contributed by atoms with Crippen molar-refractivity contribution in [3.63, 3.8) is 0 Å². The van der Waals surface area contributed by atoms with Gasteiger partial charge in [0.25, 0.3) is 0 Å². The SMILES string of the molecule is c1ccc(C2=NC(n3c4ccccc4c4ccc5c6ccccc6n(-c6cccc(-c7ccccc7)c6)c5c43)=NC(c3ccc4c5ccccc5c5ccccc5c4c3)N2)cc1. The molecule has 0 saturated heterocycles. The van der Waals surface area contributed by atoms with E-state index in [1.54, 1.807) is 0 Å². The molecule has 3 heterocycles. The molecule has 2 aromatic heterocycles. The fraction of sp³-hybridized carbons (Fsp3) is 0.0175. The molecule has 0 saturated carbocycles. The van der Waals surface area contributed by atoms with E-state index in [1.807, 2.05) is 6.07 Å². The first-order valence-corrected chi connectivity index (χ1v) is 21.2. The molecule has 5 heteroatoms. The average molecular weight is 792 g/mol. The highest BCUT2D eigenvalue weighted by molar-refractivity contribution is 6.27. The lowest BCUT2D eigenvalue weighted by molar-refractivity contribution is 0.669. The van der Waals surface area contributed by atoms with Gasteiger partial charge in [-0.05, 0) is 79.3 Å². The number of aromatic nitrogens is 2. The van der Waals surface area contributed by atoms with E-state index in [0.29, 0.717) is 5.96 Å². The van der Waals surface area contributed by atoms with Crippen molar-refractivity contribution in [2.75, 3.05) is 0 Å². The summed E-state index contributed by atoms with van der Waals surface area (Å²) >= 11 is 0. The lowest BCUT2D eigenvalue weighted by atomic mass is 9.93. The number of hydrogen-bond donors (Lipinski definition) is 1. The van der Waals surface area contributed by atoms with E-state index in [4.69, 9.17) is 9.98 Å². The summed E-state index contributed by atoms with van der Waals surface area (Å²) in [4.78, 5) is 11.1. The van der Waals surface area contributed by atoms with Crippen LogP contribution < -0.4 is 5.32 Å². The zero-order valence-corrected chi connectivity index (χ0v) is 33.6. The summed E-state index contributed by atoms with van der Waals surface area (Å²) in [7, 11) is 0. The third kappa shape index (κ3) is 5.22. The Bertz CT molecular complexity index is 3800. The van der Waals surface area contributed by atoms with Gasteiger partial charge in [0, 0.05) is 32.8 Å². The van der Waals surface area contributed by atoms with Gasteiger partial charge in [0.2, 0.25) is 5.96 Å². The van der Waals surface area contributed by atoms with Crippen molar-refractivity contribution in [3.05, 3.63) is 223 Å². The minimum absolute atomic E-state index is 0.420. The van der Waals surface area contributed by atoms with Crippen LogP contribution in [0.3, 0.4) is 0 Å². The minimum Gasteiger partial charge on any atom is -0.344 e. The van der Waals surface area contributed by atoms with Crippen LogP contribution >= 0.6 is 0 Å². The van der Waals surface area contributed by atoms with Crippen LogP contribution in [-0.2, 0) is 0 Å². The molecule has 0 bridgehead atoms. The maximum atomic E-state index is 5.61. The maximum absolute atomic E-state index is 5.61. The standard InChI is InChI=1S/C57H37N5/c1-3-16-36(17-4-1)38-20-15-21-40(34-38)61-51-28-13-11-26-46(51)48-32-33-49-47-27-12-14-29-52(47)62(54(49)53(48)61)57-59-55(37-18-5-2-6-19-37)58-56(60-57)39-30-31-45-43-24-8-7-22-41(43)42-23-9-10-25-44(42)50(45)35-39/h1-35,56H,(H,58,59,60). The molecule has 1 unspecified atom stereocenters. The van der Waals surface area contributed by atoms with Crippen molar-refractivity contribution in [1.29, 1.82) is 0 Å². The molecule has 290 valence electrons. The molecule has 12 aromatic rings. The van der Waals surface area contributed by atoms with E-state index in [1.165, 1.54) is 54.2 Å². The zero-order valence-electron chi connectivity index (χ0n) is 33.6. The number of amidine groups is 1. The summed E-state index contributed by atoms with van der Waals surface area (Å²) in [6, 6.07) is 76.3. The monoisotopic (exact) mass is 791 g/mol. The van der Waals surface area contributed by atoms with E-state index < -0.39 is 6.17 Å². The Balaban J connectivity index is 1.11. The summed E-state index contributed by atoms with van der Waals surface area (Å²) in [5.41, 5.74) is 9.89. The Morgan fingerprint density at radius 1 is 0.355 bits per heavy atom. The molecular formula is C57H37N5. The van der Waals surface area contributed by atoms with E-state index >= 15 is 0 Å². The van der Waals surface area contributed by atoms with Crippen LogP contribution in [0.15, 0.2) is 222 Å². The Hall–Kier alpha value is -8.28. The van der Waals surface area contributed by atoms with Crippen LogP contribution in [0.25, 0.3) is 92.7 Å². The molecule has 10 aromatic carbocycles. The maximum Gasteiger partial charge on any atom is 0.234 e. The Morgan fingerprint density at radius 2 is 0.839 bits per heavy atom. The van der Waals surface area contributed by atoms with Crippen LogP contribution in [0.2, 0.25) is 0 Å². The number of benzene rings is 10. The van der Waals surface area contributed by atoms with Crippen LogP contribution in [0.4, 0.5) is 0 Å². The second kappa shape index (κ2) is 13.6. The molecule has 1 aliphatic heterocycles. The van der Waals surface area contributed by atoms with Gasteiger partial charge in [-0.25, -0.2) is 4.99 Å². The smallest absolute Gasteiger partial charge is 0.234 e. The number of fused-ring (bicyclic) bond motifs is 13. The molecule has 13 rings (SSSR count). The topological polar surface area (TPSA) is 46.6 Å². The third-order valence-electron chi connectivity index (χ3n) is 12.7. The summed E-state index contributed by atoms with van der Waals surface area (Å²) in [5, 5.41) is 15.9. The Kier molecular flexibility index (Phi) is 7.60. The number of aliphatic imine (C=N–C) groups is 2. The predicted molar refractivity (Wildman–Crippen MR) is 260 cm³/mol. The molecule has 1 aliphatic rings. The highest BCUT2D eigenvalue weighted by atomic mass is 15.3. The summed E-state index contributed by atoms with van der Waals surface area (Å²) in [6.07, 6.45) is -0.420. The van der Waals surface area contributed by atoms with Crippen molar-refractivity contribution in [1.82, 2.24) is 14.5 Å². The van der Waals surface area contributed by atoms with Gasteiger partial charge in [-0.1, -0.05) is 182 Å². The van der Waals surface area contributed by atoms with Gasteiger partial charge in [-0.15, -0.1) is 0 Å². The number of hydrogen-bond acceptors (Lipinski definition) is 3. The van der Waals surface area contributed by atoms with Crippen molar-refractivity contribution >= 4 is 87.7 Å². The third-order valence-corrected chi connectivity index (χ3v) is 12.7. The summed E-state index contributed by atoms with van der Waals surface area (Å²) in [6.45, 7) is 0. The molecular weight excluding hydrogens is 755 g/mol. The van der Waals surface area contributed by atoms with Crippen molar-refractivity contribution < 1.29 is 0 Å². The summed E-state index contributed by atoms with van der Waals surface area (Å²) < 4.78 is 4.75. The van der Waals surface area contributed by atoms with Crippen molar-refractivity contribution in [2.24, 2.45) is 9.98 Å². The van der Waals surface area contributed by atoms with Crippen molar-refractivity contribution in [3.8, 4) is 16.8 Å². The van der Waals surface area contributed by atoms with E-state index in [2.05, 4.69) is 221 Å². The van der Waals surface area contributed by atoms with E-state index in [9.17, 15) is 0 Å². The van der Waals surface area contributed by atoms with E-state index in [0.717, 1.165) is 55.5 Å². The van der Waals surface area contributed by atoms with Gasteiger partial charge in [0.1, 0.15) is 12.0 Å². The normalized spacial score (nSPS) is 14.3. The van der Waals surface area contributed by atoms with Crippen LogP contribution in [-0.4, -0.2) is 20.9 Å². The molecule has 0 fully saturated rings. The predicted octanol–water partition coefficient (Wildman–Crippen LogP) is 14.0. The molecule has 62 heavy (non-hydrogen) atoms. The minimum atomic E-state index is -0.420. The van der Waals surface area contributed by atoms with Crippen LogP contribution in [0, 0.1) is 0 Å². The van der Waals surface area contributed by atoms with Crippen molar-refractivity contribution in [2.45, 2.75) is 6.17 Å². The zero-order chi connectivity index (χ0) is 40.7. The molecule has 0 radical (unpaired) electrons. The van der Waals surface area contributed by atoms with E-state index in [-0.39, 0.29) is 0 Å². The quantitative estimate of drug-likeness (QED) is 0.177. The van der Waals surface area contributed by atoms with Crippen LogP contribution in [0.1, 0.15) is 17.3 Å². The lowest BCUT2D eigenvalue weighted by Crippen LogP contribution is -2.35. The Labute approximate surface area is 357 Å². The second-order valence-corrected chi connectivity index (χ2v) is 16.2. The highest BCUT2D eigenvalue weighted by Crippen LogP contribution is 2.42. The first-order chi connectivity index (χ1) is 30.8. The Morgan fingerprint density at radius 3 is 1.48 bits per heavy atom. The van der Waals surface area contributed by atoms with Gasteiger partial charge >= 0.3 is 0 Å². The number of para-hydroxylation sites is 2. The molecule has 1 atom stereocenters. The second-order valence-electron chi connectivity index (χ2n) is 16.2. The van der Waals surface area contributed by atoms with Gasteiger partial charge in [-0.2, -0.15) is 4.99 Å². The average Bonchev–Trinajstić information content (AvgIpc) is 3.88. The number of nitrogens with one attached hydrogen (secondary N) is 1. The fourth-order valence-corrected chi connectivity index (χ4v) is 9.98. The first-order valence-electron chi connectivity index (χ1n) is 21.2. The van der Waals surface area contributed by atoms with Crippen LogP contribution in [0.5, 0.6) is 0 Å². The van der Waals surface area contributed by atoms with Gasteiger partial charge in [0.05, 0.1) is 22.1 Å². The number of nitrogens with zero attached hydrogens (tertiary/aromatic N) is 4. The van der Waals surface area contributed by atoms with Gasteiger partial charge < -0.3 is 9.88 Å². The molecule has 5 nitrogen and oxygen atoms in total. The van der Waals surface area contributed by atoms with Gasteiger partial charge in [-0.3, -0.25) is 4.57 Å². The number of rotatable bonds is 4. The summed E-state index contributed by atoms with van der Waals surface area (Å²) in [5.74, 6) is 1.41. The largest absolute Gasteiger partial charge is 0.344 e. The molecule has 0 amide bonds. The van der Waals surface area contributed by atoms with Gasteiger partial charge in [0.15, 0.2) is 0 Å². The molecule has 0 spiro atoms. The first kappa shape index (κ1) is 34.6. The highest BCUT2D eigenvalue weighted by Gasteiger charge is 2.27. The molecule has 1 N–H and O–H groups in total. The fourth-order valence-electron chi connectivity index (χ4n) is 9.98.